The van der Waals surface area contributed by atoms with E-state index in [0.717, 1.165) is 38.2 Å². The van der Waals surface area contributed by atoms with Crippen molar-refractivity contribution in [3.05, 3.63) is 40.5 Å². The fourth-order valence-electron chi connectivity index (χ4n) is 3.81. The standard InChI is InChI=1S/C21H27F3O3/c1-3-14(4-2)18-7-5-6-16(18)13-27-17-10-8-15(9-11-20(25)26)19(12-17)21(22,23)24/h8,10,12,14H,3-7,9,11,13H2,1-2H3,(H,25,26). The van der Waals surface area contributed by atoms with Crippen LogP contribution in [0.3, 0.4) is 0 Å². The number of benzene rings is 1. The minimum Gasteiger partial charge on any atom is -0.489 e. The minimum atomic E-state index is -4.54. The van der Waals surface area contributed by atoms with Gasteiger partial charge >= 0.3 is 12.1 Å². The van der Waals surface area contributed by atoms with E-state index in [4.69, 9.17) is 9.84 Å². The van der Waals surface area contributed by atoms with Crippen molar-refractivity contribution in [3.63, 3.8) is 0 Å². The van der Waals surface area contributed by atoms with E-state index in [2.05, 4.69) is 13.8 Å². The number of ether oxygens (including phenoxy) is 1. The Hall–Kier alpha value is -1.98. The number of aryl methyl sites for hydroxylation is 1. The molecule has 0 spiro atoms. The van der Waals surface area contributed by atoms with Crippen LogP contribution in [0.4, 0.5) is 13.2 Å². The van der Waals surface area contributed by atoms with Crippen molar-refractivity contribution >= 4 is 5.97 Å². The van der Waals surface area contributed by atoms with Gasteiger partial charge in [-0.1, -0.05) is 25.5 Å². The van der Waals surface area contributed by atoms with Gasteiger partial charge in [-0.25, -0.2) is 0 Å². The van der Waals surface area contributed by atoms with Crippen molar-refractivity contribution in [3.8, 4) is 5.75 Å². The molecule has 6 heteroatoms. The van der Waals surface area contributed by atoms with Gasteiger partial charge < -0.3 is 9.84 Å². The number of halogens is 3. The predicted octanol–water partition coefficient (Wildman–Crippen LogP) is 6.02. The van der Waals surface area contributed by atoms with E-state index in [-0.39, 0.29) is 24.2 Å². The molecule has 0 saturated heterocycles. The van der Waals surface area contributed by atoms with E-state index in [1.807, 2.05) is 0 Å². The molecule has 27 heavy (non-hydrogen) atoms. The second-order valence-corrected chi connectivity index (χ2v) is 6.99. The van der Waals surface area contributed by atoms with Gasteiger partial charge in [-0.3, -0.25) is 4.79 Å². The van der Waals surface area contributed by atoms with Crippen molar-refractivity contribution in [2.45, 2.75) is 65.0 Å². The van der Waals surface area contributed by atoms with E-state index in [0.29, 0.717) is 12.5 Å². The lowest BCUT2D eigenvalue weighted by Gasteiger charge is -2.18. The summed E-state index contributed by atoms with van der Waals surface area (Å²) in [6.45, 7) is 4.63. The number of rotatable bonds is 9. The molecule has 0 fully saturated rings. The van der Waals surface area contributed by atoms with Gasteiger partial charge in [-0.05, 0) is 67.7 Å². The molecule has 0 aromatic heterocycles. The van der Waals surface area contributed by atoms with Crippen molar-refractivity contribution in [1.82, 2.24) is 0 Å². The van der Waals surface area contributed by atoms with Crippen LogP contribution in [-0.4, -0.2) is 17.7 Å². The van der Waals surface area contributed by atoms with Gasteiger partial charge in [-0.2, -0.15) is 13.2 Å². The van der Waals surface area contributed by atoms with Gasteiger partial charge in [0.1, 0.15) is 12.4 Å². The zero-order chi connectivity index (χ0) is 20.0. The van der Waals surface area contributed by atoms with E-state index in [1.54, 1.807) is 0 Å². The smallest absolute Gasteiger partial charge is 0.416 e. The first-order chi connectivity index (χ1) is 12.8. The summed E-state index contributed by atoms with van der Waals surface area (Å²) in [7, 11) is 0. The highest BCUT2D eigenvalue weighted by molar-refractivity contribution is 5.67. The van der Waals surface area contributed by atoms with E-state index >= 15 is 0 Å². The molecular formula is C21H27F3O3. The van der Waals surface area contributed by atoms with Crippen LogP contribution < -0.4 is 4.74 Å². The molecule has 1 aromatic rings. The van der Waals surface area contributed by atoms with Gasteiger partial charge in [0.15, 0.2) is 0 Å². The average Bonchev–Trinajstić information content (AvgIpc) is 3.07. The molecule has 0 unspecified atom stereocenters. The predicted molar refractivity (Wildman–Crippen MR) is 97.8 cm³/mol. The summed E-state index contributed by atoms with van der Waals surface area (Å²) in [5.74, 6) is -0.425. The highest BCUT2D eigenvalue weighted by atomic mass is 19.4. The van der Waals surface area contributed by atoms with E-state index in [9.17, 15) is 18.0 Å². The van der Waals surface area contributed by atoms with Gasteiger partial charge in [0.2, 0.25) is 0 Å². The molecule has 2 rings (SSSR count). The zero-order valence-electron chi connectivity index (χ0n) is 15.9. The molecule has 0 atom stereocenters. The van der Waals surface area contributed by atoms with Gasteiger partial charge in [0.05, 0.1) is 5.56 Å². The topological polar surface area (TPSA) is 46.5 Å². The molecule has 0 heterocycles. The fourth-order valence-corrected chi connectivity index (χ4v) is 3.81. The molecular weight excluding hydrogens is 357 g/mol. The van der Waals surface area contributed by atoms with E-state index < -0.39 is 17.7 Å². The van der Waals surface area contributed by atoms with Crippen LogP contribution in [0.5, 0.6) is 5.75 Å². The number of hydrogen-bond donors (Lipinski definition) is 1. The maximum Gasteiger partial charge on any atom is 0.416 e. The second kappa shape index (κ2) is 9.29. The maximum atomic E-state index is 13.3. The van der Waals surface area contributed by atoms with Crippen molar-refractivity contribution in [2.75, 3.05) is 6.61 Å². The lowest BCUT2D eigenvalue weighted by molar-refractivity contribution is -0.140. The third kappa shape index (κ3) is 5.75. The molecule has 0 amide bonds. The molecule has 1 aliphatic carbocycles. The SMILES string of the molecule is CCC(CC)C1=C(COc2ccc(CCC(=O)O)c(C(F)(F)F)c2)CCC1. The third-order valence-corrected chi connectivity index (χ3v) is 5.27. The van der Waals surface area contributed by atoms with Crippen LogP contribution >= 0.6 is 0 Å². The molecule has 3 nitrogen and oxygen atoms in total. The summed E-state index contributed by atoms with van der Waals surface area (Å²) in [6.07, 6.45) is 0.148. The van der Waals surface area contributed by atoms with Crippen LogP contribution in [-0.2, 0) is 17.4 Å². The van der Waals surface area contributed by atoms with Crippen LogP contribution in [0.2, 0.25) is 0 Å². The molecule has 0 aliphatic heterocycles. The third-order valence-electron chi connectivity index (χ3n) is 5.27. The largest absolute Gasteiger partial charge is 0.489 e. The summed E-state index contributed by atoms with van der Waals surface area (Å²) in [6, 6.07) is 3.81. The van der Waals surface area contributed by atoms with Crippen molar-refractivity contribution < 1.29 is 27.8 Å². The molecule has 1 aliphatic rings. The first-order valence-corrected chi connectivity index (χ1v) is 9.51. The summed E-state index contributed by atoms with van der Waals surface area (Å²) in [5, 5.41) is 8.73. The summed E-state index contributed by atoms with van der Waals surface area (Å²) >= 11 is 0. The minimum absolute atomic E-state index is 0.0185. The summed E-state index contributed by atoms with van der Waals surface area (Å²) < 4.78 is 45.7. The van der Waals surface area contributed by atoms with Crippen LogP contribution in [0.1, 0.15) is 63.5 Å². The Bertz CT molecular complexity index is 688. The Labute approximate surface area is 158 Å². The van der Waals surface area contributed by atoms with E-state index in [1.165, 1.54) is 23.3 Å². The van der Waals surface area contributed by atoms with Crippen LogP contribution in [0, 0.1) is 5.92 Å². The average molecular weight is 384 g/mol. The Morgan fingerprint density at radius 1 is 1.22 bits per heavy atom. The summed E-state index contributed by atoms with van der Waals surface area (Å²) in [5.41, 5.74) is 1.79. The number of carboxylic acid groups (broad SMARTS) is 1. The van der Waals surface area contributed by atoms with Gasteiger partial charge in [0, 0.05) is 6.42 Å². The number of carboxylic acids is 1. The van der Waals surface area contributed by atoms with Crippen LogP contribution in [0.25, 0.3) is 0 Å². The van der Waals surface area contributed by atoms with Crippen molar-refractivity contribution in [1.29, 1.82) is 0 Å². The van der Waals surface area contributed by atoms with Gasteiger partial charge in [0.25, 0.3) is 0 Å². The second-order valence-electron chi connectivity index (χ2n) is 6.99. The Morgan fingerprint density at radius 2 is 1.93 bits per heavy atom. The number of allylic oxidation sites excluding steroid dienone is 1. The Kier molecular flexibility index (Phi) is 7.33. The Balaban J connectivity index is 2.17. The fraction of sp³-hybridized carbons (Fsp3) is 0.571. The molecule has 1 aromatic carbocycles. The number of carbonyl (C=O) groups is 1. The monoisotopic (exact) mass is 384 g/mol. The van der Waals surface area contributed by atoms with Gasteiger partial charge in [-0.15, -0.1) is 0 Å². The molecule has 150 valence electrons. The zero-order valence-corrected chi connectivity index (χ0v) is 15.9. The molecule has 1 N–H and O–H groups in total. The highest BCUT2D eigenvalue weighted by Crippen LogP contribution is 2.37. The Morgan fingerprint density at radius 3 is 2.52 bits per heavy atom. The highest BCUT2D eigenvalue weighted by Gasteiger charge is 2.34. The first kappa shape index (κ1) is 21.3. The molecule has 0 bridgehead atoms. The molecule has 0 saturated carbocycles. The van der Waals surface area contributed by atoms with Crippen LogP contribution in [0.15, 0.2) is 29.3 Å². The maximum absolute atomic E-state index is 13.3. The number of aliphatic carboxylic acids is 1. The first-order valence-electron chi connectivity index (χ1n) is 9.51. The molecule has 0 radical (unpaired) electrons. The number of alkyl halides is 3. The summed E-state index contributed by atoms with van der Waals surface area (Å²) in [4.78, 5) is 10.7. The lowest BCUT2D eigenvalue weighted by atomic mass is 9.91. The number of hydrogen-bond acceptors (Lipinski definition) is 2. The quantitative estimate of drug-likeness (QED) is 0.530. The lowest BCUT2D eigenvalue weighted by Crippen LogP contribution is -2.12. The normalized spacial score (nSPS) is 14.9. The van der Waals surface area contributed by atoms with Crippen molar-refractivity contribution in [2.24, 2.45) is 5.92 Å².